The van der Waals surface area contributed by atoms with Gasteiger partial charge in [0.25, 0.3) is 0 Å². The fourth-order valence-electron chi connectivity index (χ4n) is 2.11. The second-order valence-corrected chi connectivity index (χ2v) is 7.09. The van der Waals surface area contributed by atoms with Crippen molar-refractivity contribution in [3.63, 3.8) is 0 Å². The summed E-state index contributed by atoms with van der Waals surface area (Å²) in [7, 11) is 1.67. The molecule has 5 nitrogen and oxygen atoms in total. The number of guanidine groups is 1. The molecule has 148 valence electrons. The van der Waals surface area contributed by atoms with E-state index in [0.717, 1.165) is 16.3 Å². The van der Waals surface area contributed by atoms with Crippen LogP contribution in [0.4, 0.5) is 13.2 Å². The normalized spacial score (nSPS) is 12.3. The highest BCUT2D eigenvalue weighted by atomic mass is 32.1. The molecule has 0 unspecified atom stereocenters. The quantitative estimate of drug-likeness (QED) is 0.543. The Morgan fingerprint density at radius 2 is 1.85 bits per heavy atom. The van der Waals surface area contributed by atoms with Crippen molar-refractivity contribution in [2.45, 2.75) is 39.0 Å². The molecule has 0 saturated heterocycles. The van der Waals surface area contributed by atoms with E-state index < -0.39 is 12.8 Å². The molecule has 0 amide bonds. The molecule has 0 aliphatic carbocycles. The van der Waals surface area contributed by atoms with Crippen LogP contribution in [0.5, 0.6) is 5.75 Å². The number of aliphatic imine (C=N–C) groups is 1. The molecule has 1 aromatic carbocycles. The van der Waals surface area contributed by atoms with Gasteiger partial charge in [-0.25, -0.2) is 4.98 Å². The van der Waals surface area contributed by atoms with Gasteiger partial charge < -0.3 is 15.4 Å². The molecular weight excluding hydrogens is 377 g/mol. The molecule has 0 aliphatic heterocycles. The van der Waals surface area contributed by atoms with E-state index in [0.29, 0.717) is 25.0 Å². The summed E-state index contributed by atoms with van der Waals surface area (Å²) in [6, 6.07) is 6.45. The van der Waals surface area contributed by atoms with Crippen LogP contribution in [-0.2, 0) is 13.1 Å². The smallest absolute Gasteiger partial charge is 0.422 e. The number of benzene rings is 1. The van der Waals surface area contributed by atoms with E-state index in [4.69, 9.17) is 4.74 Å². The van der Waals surface area contributed by atoms with E-state index in [1.54, 1.807) is 30.5 Å². The van der Waals surface area contributed by atoms with Gasteiger partial charge in [0.2, 0.25) is 0 Å². The van der Waals surface area contributed by atoms with Gasteiger partial charge in [0.05, 0.1) is 12.2 Å². The average molecular weight is 400 g/mol. The van der Waals surface area contributed by atoms with Crippen LogP contribution in [0.1, 0.15) is 36.0 Å². The van der Waals surface area contributed by atoms with E-state index in [2.05, 4.69) is 39.8 Å². The molecule has 0 fully saturated rings. The van der Waals surface area contributed by atoms with E-state index in [1.807, 2.05) is 0 Å². The van der Waals surface area contributed by atoms with Crippen LogP contribution in [0.2, 0.25) is 0 Å². The summed E-state index contributed by atoms with van der Waals surface area (Å²) < 4.78 is 41.1. The summed E-state index contributed by atoms with van der Waals surface area (Å²) in [4.78, 5) is 8.71. The Labute approximate surface area is 160 Å². The third-order valence-electron chi connectivity index (χ3n) is 3.58. The van der Waals surface area contributed by atoms with E-state index >= 15 is 0 Å². The summed E-state index contributed by atoms with van der Waals surface area (Å²) in [6.45, 7) is 3.96. The maximum atomic E-state index is 12.1. The minimum Gasteiger partial charge on any atom is -0.484 e. The number of halogens is 3. The Bertz CT molecular complexity index is 742. The molecule has 0 spiro atoms. The predicted molar refractivity (Wildman–Crippen MR) is 101 cm³/mol. The van der Waals surface area contributed by atoms with Crippen molar-refractivity contribution in [2.24, 2.45) is 4.99 Å². The molecule has 27 heavy (non-hydrogen) atoms. The monoisotopic (exact) mass is 400 g/mol. The van der Waals surface area contributed by atoms with Gasteiger partial charge in [-0.1, -0.05) is 26.0 Å². The third-order valence-corrected chi connectivity index (χ3v) is 4.44. The van der Waals surface area contributed by atoms with Crippen LogP contribution < -0.4 is 15.4 Å². The van der Waals surface area contributed by atoms with E-state index in [-0.39, 0.29) is 5.75 Å². The second kappa shape index (κ2) is 9.59. The maximum absolute atomic E-state index is 12.1. The average Bonchev–Trinajstić information content (AvgIpc) is 3.10. The van der Waals surface area contributed by atoms with Crippen molar-refractivity contribution in [1.29, 1.82) is 0 Å². The molecule has 0 radical (unpaired) electrons. The maximum Gasteiger partial charge on any atom is 0.422 e. The van der Waals surface area contributed by atoms with Crippen LogP contribution in [0.25, 0.3) is 0 Å². The Morgan fingerprint density at radius 3 is 2.41 bits per heavy atom. The van der Waals surface area contributed by atoms with E-state index in [9.17, 15) is 13.2 Å². The fraction of sp³-hybridized carbons (Fsp3) is 0.444. The zero-order chi connectivity index (χ0) is 19.9. The van der Waals surface area contributed by atoms with Crippen LogP contribution in [-0.4, -0.2) is 30.8 Å². The second-order valence-electron chi connectivity index (χ2n) is 6.15. The molecule has 2 aromatic rings. The molecule has 0 aliphatic rings. The molecule has 0 atom stereocenters. The Kier molecular flexibility index (Phi) is 7.46. The largest absolute Gasteiger partial charge is 0.484 e. The van der Waals surface area contributed by atoms with Crippen LogP contribution in [0.15, 0.2) is 34.6 Å². The van der Waals surface area contributed by atoms with Gasteiger partial charge in [-0.3, -0.25) is 4.99 Å². The van der Waals surface area contributed by atoms with Crippen molar-refractivity contribution in [2.75, 3.05) is 13.7 Å². The van der Waals surface area contributed by atoms with Gasteiger partial charge in [0.1, 0.15) is 10.8 Å². The molecule has 2 N–H and O–H groups in total. The number of hydrogen-bond donors (Lipinski definition) is 2. The highest BCUT2D eigenvalue weighted by Crippen LogP contribution is 2.19. The minimum absolute atomic E-state index is 0.184. The van der Waals surface area contributed by atoms with Gasteiger partial charge in [-0.15, -0.1) is 11.3 Å². The SMILES string of the molecule is CN=C(NCc1ccc(OCC(F)(F)F)cc1)NCc1nc(C(C)C)cs1. The first-order valence-electron chi connectivity index (χ1n) is 8.44. The van der Waals surface area contributed by atoms with Crippen LogP contribution >= 0.6 is 11.3 Å². The number of hydrogen-bond acceptors (Lipinski definition) is 4. The first-order chi connectivity index (χ1) is 12.8. The van der Waals surface area contributed by atoms with Crippen molar-refractivity contribution in [1.82, 2.24) is 15.6 Å². The zero-order valence-electron chi connectivity index (χ0n) is 15.4. The summed E-state index contributed by atoms with van der Waals surface area (Å²) >= 11 is 1.60. The zero-order valence-corrected chi connectivity index (χ0v) is 16.2. The highest BCUT2D eigenvalue weighted by molar-refractivity contribution is 7.09. The van der Waals surface area contributed by atoms with Gasteiger partial charge >= 0.3 is 6.18 Å². The predicted octanol–water partition coefficient (Wildman–Crippen LogP) is 4.07. The first-order valence-corrected chi connectivity index (χ1v) is 9.32. The highest BCUT2D eigenvalue weighted by Gasteiger charge is 2.28. The molecule has 0 saturated carbocycles. The number of aromatic nitrogens is 1. The van der Waals surface area contributed by atoms with Gasteiger partial charge in [0.15, 0.2) is 12.6 Å². The van der Waals surface area contributed by atoms with E-state index in [1.165, 1.54) is 12.1 Å². The van der Waals surface area contributed by atoms with Gasteiger partial charge in [-0.2, -0.15) is 13.2 Å². The Morgan fingerprint density at radius 1 is 1.19 bits per heavy atom. The van der Waals surface area contributed by atoms with Crippen LogP contribution in [0.3, 0.4) is 0 Å². The number of thiazole rings is 1. The van der Waals surface area contributed by atoms with Gasteiger partial charge in [0, 0.05) is 19.0 Å². The summed E-state index contributed by atoms with van der Waals surface area (Å²) in [5.74, 6) is 1.20. The summed E-state index contributed by atoms with van der Waals surface area (Å²) in [5, 5.41) is 9.39. The molecule has 1 heterocycles. The van der Waals surface area contributed by atoms with Crippen molar-refractivity contribution >= 4 is 17.3 Å². The van der Waals surface area contributed by atoms with Crippen molar-refractivity contribution < 1.29 is 17.9 Å². The van der Waals surface area contributed by atoms with Crippen molar-refractivity contribution in [3.8, 4) is 5.75 Å². The first kappa shape index (κ1) is 21.0. The number of ether oxygens (including phenoxy) is 1. The Hall–Kier alpha value is -2.29. The Balaban J connectivity index is 1.79. The molecule has 9 heteroatoms. The molecule has 0 bridgehead atoms. The number of nitrogens with zero attached hydrogens (tertiary/aromatic N) is 2. The lowest BCUT2D eigenvalue weighted by molar-refractivity contribution is -0.153. The fourth-order valence-corrected chi connectivity index (χ4v) is 3.00. The molecule has 2 rings (SSSR count). The minimum atomic E-state index is -4.34. The summed E-state index contributed by atoms with van der Waals surface area (Å²) in [5.41, 5.74) is 1.97. The third kappa shape index (κ3) is 7.46. The lowest BCUT2D eigenvalue weighted by atomic mass is 10.2. The van der Waals surface area contributed by atoms with Crippen molar-refractivity contribution in [3.05, 3.63) is 45.9 Å². The number of rotatable bonds is 7. The van der Waals surface area contributed by atoms with Gasteiger partial charge in [-0.05, 0) is 23.6 Å². The number of nitrogens with one attached hydrogen (secondary N) is 2. The molecule has 1 aromatic heterocycles. The standard InChI is InChI=1S/C18H23F3N4OS/c1-12(2)15-10-27-16(25-15)9-24-17(22-3)23-8-13-4-6-14(7-5-13)26-11-18(19,20)21/h4-7,10,12H,8-9,11H2,1-3H3,(H2,22,23,24). The lowest BCUT2D eigenvalue weighted by Crippen LogP contribution is -2.36. The number of alkyl halides is 3. The lowest BCUT2D eigenvalue weighted by Gasteiger charge is -2.12. The molecular formula is C18H23F3N4OS. The topological polar surface area (TPSA) is 58.5 Å². The van der Waals surface area contributed by atoms with Crippen LogP contribution in [0, 0.1) is 0 Å². The summed E-state index contributed by atoms with van der Waals surface area (Å²) in [6.07, 6.45) is -4.34.